The summed E-state index contributed by atoms with van der Waals surface area (Å²) in [5, 5.41) is 0.697. The predicted molar refractivity (Wildman–Crippen MR) is 67.2 cm³/mol. The van der Waals surface area contributed by atoms with Crippen LogP contribution in [0.2, 0.25) is 0 Å². The third-order valence-electron chi connectivity index (χ3n) is 2.16. The number of thioether (sulfide) groups is 1. The summed E-state index contributed by atoms with van der Waals surface area (Å²) in [6.07, 6.45) is 3.63. The van der Waals surface area contributed by atoms with Crippen molar-refractivity contribution >= 4 is 23.1 Å². The first-order valence-electron chi connectivity index (χ1n) is 4.74. The first-order valence-corrected chi connectivity index (χ1v) is 6.78. The lowest BCUT2D eigenvalue weighted by Gasteiger charge is -2.04. The fourth-order valence-electron chi connectivity index (χ4n) is 1.40. The number of aromatic nitrogens is 1. The van der Waals surface area contributed by atoms with E-state index in [2.05, 4.69) is 4.98 Å². The minimum Gasteiger partial charge on any atom is -0.326 e. The van der Waals surface area contributed by atoms with Crippen molar-refractivity contribution in [1.29, 1.82) is 0 Å². The zero-order chi connectivity index (χ0) is 11.5. The summed E-state index contributed by atoms with van der Waals surface area (Å²) < 4.78 is 13.8. The van der Waals surface area contributed by atoms with E-state index in [1.807, 2.05) is 12.3 Å². The van der Waals surface area contributed by atoms with Gasteiger partial charge in [0, 0.05) is 22.5 Å². The van der Waals surface area contributed by atoms with Gasteiger partial charge in [-0.05, 0) is 18.4 Å². The monoisotopic (exact) mass is 254 g/mol. The summed E-state index contributed by atoms with van der Waals surface area (Å²) in [5.41, 5.74) is 6.10. The van der Waals surface area contributed by atoms with Gasteiger partial charge in [-0.3, -0.25) is 0 Å². The second kappa shape index (κ2) is 4.95. The first-order chi connectivity index (χ1) is 7.76. The fourth-order valence-corrected chi connectivity index (χ4v) is 2.93. The number of hydrogen-bond acceptors (Lipinski definition) is 4. The van der Waals surface area contributed by atoms with Gasteiger partial charge >= 0.3 is 0 Å². The molecule has 1 aromatic heterocycles. The lowest BCUT2D eigenvalue weighted by Crippen LogP contribution is -1.91. The first kappa shape index (κ1) is 11.6. The summed E-state index contributed by atoms with van der Waals surface area (Å²) in [4.78, 5) is 6.08. The standard InChI is InChI=1S/C11H11FN2S2/c1-15-9-4-2-3-8(12)10(9)11-14-6-7(5-13)16-11/h2-4,6H,5,13H2,1H3. The van der Waals surface area contributed by atoms with Crippen molar-refractivity contribution < 1.29 is 4.39 Å². The SMILES string of the molecule is CSc1cccc(F)c1-c1ncc(CN)s1. The van der Waals surface area contributed by atoms with E-state index in [0.29, 0.717) is 17.1 Å². The largest absolute Gasteiger partial charge is 0.326 e. The van der Waals surface area contributed by atoms with Crippen molar-refractivity contribution in [3.05, 3.63) is 35.1 Å². The molecule has 2 rings (SSSR count). The summed E-state index contributed by atoms with van der Waals surface area (Å²) in [7, 11) is 0. The van der Waals surface area contributed by atoms with Crippen LogP contribution in [0.1, 0.15) is 4.88 Å². The third-order valence-corrected chi connectivity index (χ3v) is 3.98. The molecule has 0 unspecified atom stereocenters. The minimum absolute atomic E-state index is 0.232. The Bertz CT molecular complexity index is 496. The molecular formula is C11H11FN2S2. The number of benzene rings is 1. The van der Waals surface area contributed by atoms with E-state index in [-0.39, 0.29) is 5.82 Å². The third kappa shape index (κ3) is 2.11. The molecule has 0 saturated heterocycles. The van der Waals surface area contributed by atoms with E-state index in [1.165, 1.54) is 29.2 Å². The van der Waals surface area contributed by atoms with Crippen molar-refractivity contribution in [1.82, 2.24) is 4.98 Å². The van der Waals surface area contributed by atoms with Crippen molar-refractivity contribution in [3.8, 4) is 10.6 Å². The van der Waals surface area contributed by atoms with Crippen LogP contribution in [-0.2, 0) is 6.54 Å². The van der Waals surface area contributed by atoms with Crippen LogP contribution < -0.4 is 5.73 Å². The number of hydrogen-bond donors (Lipinski definition) is 1. The number of thiazole rings is 1. The smallest absolute Gasteiger partial charge is 0.134 e. The lowest BCUT2D eigenvalue weighted by atomic mass is 10.2. The Kier molecular flexibility index (Phi) is 3.58. The Labute approximate surface area is 102 Å². The average molecular weight is 254 g/mol. The highest BCUT2D eigenvalue weighted by Gasteiger charge is 2.13. The minimum atomic E-state index is -0.232. The summed E-state index contributed by atoms with van der Waals surface area (Å²) in [6.45, 7) is 0.445. The van der Waals surface area contributed by atoms with E-state index >= 15 is 0 Å². The van der Waals surface area contributed by atoms with Crippen molar-refractivity contribution in [3.63, 3.8) is 0 Å². The van der Waals surface area contributed by atoms with Crippen LogP contribution in [0.25, 0.3) is 10.6 Å². The molecule has 0 saturated carbocycles. The number of halogens is 1. The number of rotatable bonds is 3. The molecule has 84 valence electrons. The van der Waals surface area contributed by atoms with Gasteiger partial charge in [-0.25, -0.2) is 9.37 Å². The van der Waals surface area contributed by atoms with Crippen LogP contribution >= 0.6 is 23.1 Å². The average Bonchev–Trinajstić information content (AvgIpc) is 2.76. The molecule has 1 aromatic carbocycles. The molecule has 0 bridgehead atoms. The summed E-state index contributed by atoms with van der Waals surface area (Å²) >= 11 is 2.96. The zero-order valence-corrected chi connectivity index (χ0v) is 10.4. The molecule has 2 nitrogen and oxygen atoms in total. The van der Waals surface area contributed by atoms with E-state index in [9.17, 15) is 4.39 Å². The van der Waals surface area contributed by atoms with Gasteiger partial charge in [-0.15, -0.1) is 23.1 Å². The Balaban J connectivity index is 2.53. The number of nitrogens with two attached hydrogens (primary N) is 1. The maximum atomic E-state index is 13.8. The van der Waals surface area contributed by atoms with Crippen molar-refractivity contribution in [2.24, 2.45) is 5.73 Å². The van der Waals surface area contributed by atoms with Crippen LogP contribution in [0.3, 0.4) is 0 Å². The van der Waals surface area contributed by atoms with Gasteiger partial charge in [0.05, 0.1) is 5.56 Å². The number of nitrogens with zero attached hydrogens (tertiary/aromatic N) is 1. The Morgan fingerprint density at radius 3 is 2.94 bits per heavy atom. The van der Waals surface area contributed by atoms with Gasteiger partial charge in [0.1, 0.15) is 10.8 Å². The molecule has 0 aliphatic rings. The molecule has 1 heterocycles. The normalized spacial score (nSPS) is 10.7. The highest BCUT2D eigenvalue weighted by molar-refractivity contribution is 7.98. The Hall–Kier alpha value is -0.910. The highest BCUT2D eigenvalue weighted by atomic mass is 32.2. The molecule has 2 aromatic rings. The van der Waals surface area contributed by atoms with E-state index < -0.39 is 0 Å². The van der Waals surface area contributed by atoms with Crippen LogP contribution in [0.15, 0.2) is 29.3 Å². The molecule has 2 N–H and O–H groups in total. The van der Waals surface area contributed by atoms with Crippen LogP contribution in [-0.4, -0.2) is 11.2 Å². The lowest BCUT2D eigenvalue weighted by molar-refractivity contribution is 0.628. The maximum Gasteiger partial charge on any atom is 0.134 e. The van der Waals surface area contributed by atoms with Gasteiger partial charge < -0.3 is 5.73 Å². The topological polar surface area (TPSA) is 38.9 Å². The molecule has 0 aliphatic carbocycles. The van der Waals surface area contributed by atoms with Gasteiger partial charge in [0.15, 0.2) is 0 Å². The van der Waals surface area contributed by atoms with Crippen molar-refractivity contribution in [2.45, 2.75) is 11.4 Å². The van der Waals surface area contributed by atoms with Gasteiger partial charge in [-0.1, -0.05) is 6.07 Å². The quantitative estimate of drug-likeness (QED) is 0.855. The molecule has 0 atom stereocenters. The molecule has 0 aliphatic heterocycles. The van der Waals surface area contributed by atoms with Gasteiger partial charge in [-0.2, -0.15) is 0 Å². The maximum absolute atomic E-state index is 13.8. The van der Waals surface area contributed by atoms with Crippen LogP contribution in [0.5, 0.6) is 0 Å². The second-order valence-electron chi connectivity index (χ2n) is 3.15. The van der Waals surface area contributed by atoms with Gasteiger partial charge in [0.25, 0.3) is 0 Å². The predicted octanol–water partition coefficient (Wildman–Crippen LogP) is 3.13. The van der Waals surface area contributed by atoms with E-state index in [4.69, 9.17) is 5.73 Å². The molecule has 0 spiro atoms. The fraction of sp³-hybridized carbons (Fsp3) is 0.182. The second-order valence-corrected chi connectivity index (χ2v) is 5.12. The van der Waals surface area contributed by atoms with E-state index in [0.717, 1.165) is 9.77 Å². The zero-order valence-electron chi connectivity index (χ0n) is 8.74. The summed E-state index contributed by atoms with van der Waals surface area (Å²) in [6, 6.07) is 5.06. The van der Waals surface area contributed by atoms with E-state index in [1.54, 1.807) is 12.3 Å². The van der Waals surface area contributed by atoms with Crippen LogP contribution in [0, 0.1) is 5.82 Å². The molecule has 5 heteroatoms. The molecule has 0 amide bonds. The molecule has 0 radical (unpaired) electrons. The summed E-state index contributed by atoms with van der Waals surface area (Å²) in [5.74, 6) is -0.232. The highest BCUT2D eigenvalue weighted by Crippen LogP contribution is 2.34. The van der Waals surface area contributed by atoms with Gasteiger partial charge in [0.2, 0.25) is 0 Å². The van der Waals surface area contributed by atoms with Crippen LogP contribution in [0.4, 0.5) is 4.39 Å². The van der Waals surface area contributed by atoms with Crippen molar-refractivity contribution in [2.75, 3.05) is 6.26 Å². The molecule has 16 heavy (non-hydrogen) atoms. The Morgan fingerprint density at radius 1 is 1.50 bits per heavy atom. The molecule has 0 fully saturated rings. The Morgan fingerprint density at radius 2 is 2.31 bits per heavy atom. The molecular weight excluding hydrogens is 243 g/mol.